The Kier molecular flexibility index (Phi) is 8.80. The predicted octanol–water partition coefficient (Wildman–Crippen LogP) is 3.67. The maximum Gasteiger partial charge on any atom is 0.261 e. The fourth-order valence-corrected chi connectivity index (χ4v) is 2.88. The highest BCUT2D eigenvalue weighted by Crippen LogP contribution is 2.20. The Balaban J connectivity index is 2.12. The maximum atomic E-state index is 12.9. The predicted molar refractivity (Wildman–Crippen MR) is 113 cm³/mol. The number of hydrogen-bond acceptors (Lipinski definition) is 4. The van der Waals surface area contributed by atoms with Crippen LogP contribution in [0.4, 0.5) is 0 Å². The number of rotatable bonds is 10. The van der Waals surface area contributed by atoms with E-state index in [-0.39, 0.29) is 25.0 Å². The van der Waals surface area contributed by atoms with Gasteiger partial charge in [0, 0.05) is 18.1 Å². The molecule has 156 valence electrons. The zero-order valence-electron chi connectivity index (χ0n) is 17.0. The fraction of sp³-hybridized carbons (Fsp3) is 0.364. The van der Waals surface area contributed by atoms with E-state index in [9.17, 15) is 9.59 Å². The molecule has 0 bridgehead atoms. The number of ether oxygens (including phenoxy) is 2. The molecule has 7 heteroatoms. The Labute approximate surface area is 176 Å². The number of nitrogens with one attached hydrogen (secondary N) is 1. The summed E-state index contributed by atoms with van der Waals surface area (Å²) in [4.78, 5) is 26.9. The van der Waals surface area contributed by atoms with E-state index in [0.717, 1.165) is 12.0 Å². The summed E-state index contributed by atoms with van der Waals surface area (Å²) in [7, 11) is 1.58. The smallest absolute Gasteiger partial charge is 0.261 e. The SMILES string of the molecule is CCCNC(=O)C(C)N(Cc1ccccc1Cl)C(=O)COc1ccc(OC)cc1. The number of carbonyl (C=O) groups excluding carboxylic acids is 2. The van der Waals surface area contributed by atoms with Crippen molar-refractivity contribution in [3.63, 3.8) is 0 Å². The lowest BCUT2D eigenvalue weighted by molar-refractivity contribution is -0.142. The lowest BCUT2D eigenvalue weighted by atomic mass is 10.1. The standard InChI is InChI=1S/C22H27ClN2O4/c1-4-13-24-22(27)16(2)25(14-17-7-5-6-8-20(17)23)21(26)15-29-19-11-9-18(28-3)10-12-19/h5-12,16H,4,13-15H2,1-3H3,(H,24,27). The quantitative estimate of drug-likeness (QED) is 0.639. The number of nitrogens with zero attached hydrogens (tertiary/aromatic N) is 1. The zero-order valence-corrected chi connectivity index (χ0v) is 17.7. The summed E-state index contributed by atoms with van der Waals surface area (Å²) in [5, 5.41) is 3.38. The maximum absolute atomic E-state index is 12.9. The minimum atomic E-state index is -0.662. The molecule has 0 spiro atoms. The van der Waals surface area contributed by atoms with Gasteiger partial charge in [-0.1, -0.05) is 36.7 Å². The van der Waals surface area contributed by atoms with Crippen LogP contribution in [0.25, 0.3) is 0 Å². The summed E-state index contributed by atoms with van der Waals surface area (Å²) < 4.78 is 10.7. The van der Waals surface area contributed by atoms with Gasteiger partial charge in [0.1, 0.15) is 17.5 Å². The zero-order chi connectivity index (χ0) is 21.2. The van der Waals surface area contributed by atoms with Gasteiger partial charge in [0.25, 0.3) is 5.91 Å². The normalized spacial score (nSPS) is 11.4. The first kappa shape index (κ1) is 22.6. The van der Waals surface area contributed by atoms with Gasteiger partial charge in [-0.25, -0.2) is 0 Å². The van der Waals surface area contributed by atoms with Crippen LogP contribution < -0.4 is 14.8 Å². The number of hydrogen-bond donors (Lipinski definition) is 1. The highest BCUT2D eigenvalue weighted by Gasteiger charge is 2.26. The highest BCUT2D eigenvalue weighted by molar-refractivity contribution is 6.31. The lowest BCUT2D eigenvalue weighted by Gasteiger charge is -2.29. The van der Waals surface area contributed by atoms with Gasteiger partial charge in [-0.3, -0.25) is 9.59 Å². The minimum absolute atomic E-state index is 0.192. The summed E-state index contributed by atoms with van der Waals surface area (Å²) >= 11 is 6.26. The third-order valence-corrected chi connectivity index (χ3v) is 4.81. The number of amides is 2. The monoisotopic (exact) mass is 418 g/mol. The van der Waals surface area contributed by atoms with Crippen LogP contribution in [0.15, 0.2) is 48.5 Å². The molecule has 1 unspecified atom stereocenters. The van der Waals surface area contributed by atoms with E-state index in [1.54, 1.807) is 44.4 Å². The molecule has 0 saturated heterocycles. The van der Waals surface area contributed by atoms with Gasteiger partial charge >= 0.3 is 0 Å². The highest BCUT2D eigenvalue weighted by atomic mass is 35.5. The molecule has 0 aliphatic carbocycles. The number of benzene rings is 2. The summed E-state index contributed by atoms with van der Waals surface area (Å²) in [6.45, 7) is 4.25. The Morgan fingerprint density at radius 2 is 1.76 bits per heavy atom. The molecule has 6 nitrogen and oxygen atoms in total. The van der Waals surface area contributed by atoms with Gasteiger partial charge in [-0.05, 0) is 49.2 Å². The molecule has 0 radical (unpaired) electrons. The van der Waals surface area contributed by atoms with Crippen LogP contribution in [0.3, 0.4) is 0 Å². The Morgan fingerprint density at radius 1 is 1.10 bits per heavy atom. The van der Waals surface area contributed by atoms with Crippen molar-refractivity contribution >= 4 is 23.4 Å². The molecule has 0 fully saturated rings. The second-order valence-electron chi connectivity index (χ2n) is 6.54. The summed E-state index contributed by atoms with van der Waals surface area (Å²) in [6.07, 6.45) is 0.817. The first-order chi connectivity index (χ1) is 14.0. The van der Waals surface area contributed by atoms with Gasteiger partial charge in [0.05, 0.1) is 7.11 Å². The van der Waals surface area contributed by atoms with Crippen molar-refractivity contribution in [1.29, 1.82) is 0 Å². The molecule has 2 aromatic rings. The molecule has 2 aromatic carbocycles. The van der Waals surface area contributed by atoms with Crippen LogP contribution in [0.2, 0.25) is 5.02 Å². The van der Waals surface area contributed by atoms with E-state index >= 15 is 0 Å². The molecule has 1 atom stereocenters. The molecule has 2 amide bonds. The Bertz CT molecular complexity index is 811. The second-order valence-corrected chi connectivity index (χ2v) is 6.95. The van der Waals surface area contributed by atoms with E-state index < -0.39 is 6.04 Å². The third kappa shape index (κ3) is 6.68. The lowest BCUT2D eigenvalue weighted by Crippen LogP contribution is -2.49. The van der Waals surface area contributed by atoms with Crippen molar-refractivity contribution in [3.8, 4) is 11.5 Å². The van der Waals surface area contributed by atoms with Crippen LogP contribution in [0, 0.1) is 0 Å². The van der Waals surface area contributed by atoms with Crippen LogP contribution >= 0.6 is 11.6 Å². The van der Waals surface area contributed by atoms with E-state index in [1.165, 1.54) is 4.90 Å². The molecule has 0 heterocycles. The van der Waals surface area contributed by atoms with Gasteiger partial charge in [-0.15, -0.1) is 0 Å². The van der Waals surface area contributed by atoms with Crippen LogP contribution in [-0.4, -0.2) is 43.0 Å². The topological polar surface area (TPSA) is 67.9 Å². The molecule has 0 saturated carbocycles. The van der Waals surface area contributed by atoms with Gasteiger partial charge < -0.3 is 19.7 Å². The molecule has 1 N–H and O–H groups in total. The van der Waals surface area contributed by atoms with Crippen LogP contribution in [0.5, 0.6) is 11.5 Å². The van der Waals surface area contributed by atoms with Gasteiger partial charge in [0.15, 0.2) is 6.61 Å². The van der Waals surface area contributed by atoms with Crippen LogP contribution in [-0.2, 0) is 16.1 Å². The van der Waals surface area contributed by atoms with E-state index in [4.69, 9.17) is 21.1 Å². The summed E-state index contributed by atoms with van der Waals surface area (Å²) in [5.74, 6) is 0.724. The first-order valence-corrected chi connectivity index (χ1v) is 9.91. The van der Waals surface area contributed by atoms with Crippen molar-refractivity contribution in [2.24, 2.45) is 0 Å². The molecule has 0 aliphatic rings. The molecule has 0 aromatic heterocycles. The Morgan fingerprint density at radius 3 is 2.38 bits per heavy atom. The molecule has 2 rings (SSSR count). The molecule has 0 aliphatic heterocycles. The largest absolute Gasteiger partial charge is 0.497 e. The molecular weight excluding hydrogens is 392 g/mol. The third-order valence-electron chi connectivity index (χ3n) is 4.44. The first-order valence-electron chi connectivity index (χ1n) is 9.53. The summed E-state index contributed by atoms with van der Waals surface area (Å²) in [5.41, 5.74) is 0.766. The van der Waals surface area contributed by atoms with Crippen molar-refractivity contribution in [1.82, 2.24) is 10.2 Å². The average molecular weight is 419 g/mol. The van der Waals surface area contributed by atoms with Crippen LogP contribution in [0.1, 0.15) is 25.8 Å². The Hall–Kier alpha value is -2.73. The van der Waals surface area contributed by atoms with E-state index in [2.05, 4.69) is 5.32 Å². The van der Waals surface area contributed by atoms with E-state index in [0.29, 0.717) is 23.1 Å². The van der Waals surface area contributed by atoms with Crippen molar-refractivity contribution in [2.75, 3.05) is 20.3 Å². The van der Waals surface area contributed by atoms with E-state index in [1.807, 2.05) is 25.1 Å². The number of halogens is 1. The number of methoxy groups -OCH3 is 1. The average Bonchev–Trinajstić information content (AvgIpc) is 2.75. The molecule has 29 heavy (non-hydrogen) atoms. The minimum Gasteiger partial charge on any atom is -0.497 e. The second kappa shape index (κ2) is 11.3. The molecular formula is C22H27ClN2O4. The van der Waals surface area contributed by atoms with Crippen molar-refractivity contribution in [2.45, 2.75) is 32.9 Å². The number of carbonyl (C=O) groups is 2. The fourth-order valence-electron chi connectivity index (χ4n) is 2.69. The van der Waals surface area contributed by atoms with Crippen molar-refractivity contribution < 1.29 is 19.1 Å². The van der Waals surface area contributed by atoms with Gasteiger partial charge in [0.2, 0.25) is 5.91 Å². The van der Waals surface area contributed by atoms with Gasteiger partial charge in [-0.2, -0.15) is 0 Å². The summed E-state index contributed by atoms with van der Waals surface area (Å²) in [6, 6.07) is 13.6. The van der Waals surface area contributed by atoms with Crippen molar-refractivity contribution in [3.05, 3.63) is 59.1 Å².